The summed E-state index contributed by atoms with van der Waals surface area (Å²) in [4.78, 5) is 87.5. The zero-order chi connectivity index (χ0) is 92.2. The van der Waals surface area contributed by atoms with Crippen LogP contribution in [0, 0.1) is 81.7 Å². The average molecular weight is 1960 g/mol. The topological polar surface area (TPSA) is 593 Å². The number of carbonyl (C=O) groups excluding carboxylic acids is 2. The molecule has 0 bridgehead atoms. The van der Waals surface area contributed by atoms with Crippen LogP contribution in [0.25, 0.3) is 22.7 Å². The predicted octanol–water partition coefficient (Wildman–Crippen LogP) is -0.488. The molecule has 0 saturated carbocycles. The summed E-state index contributed by atoms with van der Waals surface area (Å²) in [6.45, 7) is 19.8. The molecule has 127 heavy (non-hydrogen) atoms. The number of aliphatic imine (C=N–C) groups is 4. The van der Waals surface area contributed by atoms with Gasteiger partial charge in [-0.25, -0.2) is 76.0 Å². The van der Waals surface area contributed by atoms with Crippen molar-refractivity contribution in [1.82, 2.24) is 37.5 Å². The molecule has 0 fully saturated rings. The number of hydrogen-bond donors (Lipinski definition) is 0. The van der Waals surface area contributed by atoms with Crippen LogP contribution >= 0.6 is 0 Å². The van der Waals surface area contributed by atoms with Crippen LogP contribution in [0.4, 0.5) is 22.7 Å². The van der Waals surface area contributed by atoms with Gasteiger partial charge < -0.3 is 45.7 Å². The van der Waals surface area contributed by atoms with Crippen LogP contribution in [0.15, 0.2) is 258 Å². The fraction of sp³-hybridized carbons (Fsp3) is 0.209. The second-order valence-electron chi connectivity index (χ2n) is 27.1. The number of carbonyl (C=O) groups is 2. The van der Waals surface area contributed by atoms with Crippen molar-refractivity contribution in [3.63, 3.8) is 0 Å². The number of carboxylic acids is 2. The van der Waals surface area contributed by atoms with Crippen LogP contribution in [0.3, 0.4) is 0 Å². The molecule has 2 N–H and O–H groups in total. The molecule has 0 spiro atoms. The quantitative estimate of drug-likeness (QED) is 0.110. The monoisotopic (exact) mass is 1960 g/mol. The van der Waals surface area contributed by atoms with Crippen molar-refractivity contribution in [1.29, 1.82) is 10.5 Å². The Kier molecular flexibility index (Phi) is 53.1. The third kappa shape index (κ3) is 38.7. The molecule has 12 rings (SSSR count). The maximum Gasteiger partial charge on any atom is 2.00 e. The average Bonchev–Trinajstić information content (AvgIpc) is 1.66. The zero-order valence-corrected chi connectivity index (χ0v) is 76.5. The number of rotatable bonds is 12. The van der Waals surface area contributed by atoms with E-state index in [1.807, 2.05) is 177 Å². The van der Waals surface area contributed by atoms with Crippen molar-refractivity contribution in [2.45, 2.75) is 83.1 Å². The molecule has 0 aliphatic rings. The molecule has 684 valence electrons. The van der Waals surface area contributed by atoms with Crippen molar-refractivity contribution in [2.75, 3.05) is 0 Å². The van der Waals surface area contributed by atoms with E-state index >= 15 is 0 Å². The zero-order valence-electron chi connectivity index (χ0n) is 71.0. The van der Waals surface area contributed by atoms with E-state index in [-0.39, 0.29) is 117 Å². The molecule has 0 saturated heterocycles. The van der Waals surface area contributed by atoms with Gasteiger partial charge in [0.25, 0.3) is 22.2 Å². The molecule has 0 aliphatic carbocycles. The number of aliphatic carboxylic acids is 2. The third-order valence-corrected chi connectivity index (χ3v) is 16.3. The van der Waals surface area contributed by atoms with Gasteiger partial charge in [0.2, 0.25) is 0 Å². The van der Waals surface area contributed by atoms with Crippen LogP contribution in [0.1, 0.15) is 100 Å². The van der Waals surface area contributed by atoms with E-state index in [0.29, 0.717) is 45.0 Å². The molecule has 8 aromatic carbocycles. The first-order valence-electron chi connectivity index (χ1n) is 35.9. The molecule has 4 heterocycles. The Labute approximate surface area is 776 Å². The molecular formula is C86H90Cl2N14Ni4O21. The minimum atomic E-state index is -4.94. The van der Waals surface area contributed by atoms with Gasteiger partial charge in [-0.15, -0.1) is 43.5 Å². The Morgan fingerprint density at radius 2 is 0.449 bits per heavy atom. The van der Waals surface area contributed by atoms with Crippen LogP contribution in [0.2, 0.25) is 0 Å². The second-order valence-corrected chi connectivity index (χ2v) is 28.6. The first kappa shape index (κ1) is 119. The molecule has 0 radical (unpaired) electrons. The van der Waals surface area contributed by atoms with Crippen molar-refractivity contribution < 1.29 is 169 Å². The van der Waals surface area contributed by atoms with Gasteiger partial charge in [-0.3, -0.25) is 37.9 Å². The summed E-state index contributed by atoms with van der Waals surface area (Å²) in [6, 6.07) is 67.4. The van der Waals surface area contributed by atoms with E-state index in [2.05, 4.69) is 20.0 Å². The van der Waals surface area contributed by atoms with E-state index in [1.54, 1.807) is 164 Å². The van der Waals surface area contributed by atoms with Gasteiger partial charge in [-0.2, -0.15) is 10.5 Å². The standard InChI is InChI=1S/4C18H17N3O2.2C5H10O2.2C2H3N.2ClHO4.4Ni.H2O/c4*1-13-17(19-12-14-8-6-7-11-16(14)22)18(23)21(20(13)2)15-9-4-3-5-10-15;2*1-5(2,3)4(6)7;2*1-2-3;2*2-1(3,4)5;;;;;/h4*3-12,22H,1-2H3;2*1-3H3,(H,6,7);2*1H3;2*(H,2,3,4,5);;;;;1H2/q;;;;;;;;;;4*+2;/p-8. The van der Waals surface area contributed by atoms with Gasteiger partial charge in [-0.05, 0) is 98.5 Å². The molecule has 12 aromatic rings. The molecule has 0 atom stereocenters. The van der Waals surface area contributed by atoms with Crippen LogP contribution in [-0.4, -0.2) is 79.7 Å². The Bertz CT molecular complexity index is 5210. The largest absolute Gasteiger partial charge is 2.00 e. The molecule has 4 aromatic heterocycles. The van der Waals surface area contributed by atoms with Gasteiger partial charge in [-0.1, -0.05) is 211 Å². The Hall–Kier alpha value is -12.2. The molecular weight excluding hydrogens is 1870 g/mol. The SMILES string of the molecule is CC#N.CC#N.CC(C)(C)C(=O)[O-].CC(C)(C)C(=O)[O-].Cc1c(N=Cc2ccccc2[O-])c(=O)n(-c2ccccc2)n1C.Cc1c(N=Cc2ccccc2[O-])c(=O)n(-c2ccccc2)n1C.Cc1c(N=Cc2ccccc2[O-])c(=O)n(-c2ccccc2)n1C.Cc1c(N=Cc2ccccc2[O-])c(=O)n(-c2ccccc2)n1C.O.[Ni+2].[Ni+2].[Ni+2].[Ni+2].[O-][Cl+3]([O-])([O-])[O-].[O-][Cl+3]([O-])([O-])[O-]. The Balaban J connectivity index is -0.00000144. The number of carboxylic acid groups (broad SMARTS) is 2. The first-order chi connectivity index (χ1) is 57.1. The maximum atomic E-state index is 12.7. The number of para-hydroxylation sites is 8. The van der Waals surface area contributed by atoms with E-state index in [4.69, 9.17) is 47.8 Å². The first-order valence-corrected chi connectivity index (χ1v) is 38.4. The number of hydrogen-bond acceptors (Lipinski definition) is 26. The van der Waals surface area contributed by atoms with Crippen LogP contribution in [0.5, 0.6) is 23.0 Å². The third-order valence-electron chi connectivity index (χ3n) is 16.3. The predicted molar refractivity (Wildman–Crippen MR) is 431 cm³/mol. The van der Waals surface area contributed by atoms with Crippen LogP contribution in [-0.2, 0) is 104 Å². The van der Waals surface area contributed by atoms with Gasteiger partial charge in [0.05, 0.1) is 57.7 Å². The maximum absolute atomic E-state index is 12.7. The minimum absolute atomic E-state index is 0. The summed E-state index contributed by atoms with van der Waals surface area (Å²) in [5, 5.41) is 81.4. The minimum Gasteiger partial charge on any atom is -0.872 e. The van der Waals surface area contributed by atoms with Gasteiger partial charge in [0.15, 0.2) is 22.7 Å². The number of nitrogens with zero attached hydrogens (tertiary/aromatic N) is 14. The molecule has 0 amide bonds. The Morgan fingerprint density at radius 3 is 0.575 bits per heavy atom. The summed E-state index contributed by atoms with van der Waals surface area (Å²) in [5.41, 5.74) is 6.96. The van der Waals surface area contributed by atoms with Crippen molar-refractivity contribution >= 4 is 59.5 Å². The fourth-order valence-corrected chi connectivity index (χ4v) is 9.70. The summed E-state index contributed by atoms with van der Waals surface area (Å²) in [5.74, 6) is -2.48. The van der Waals surface area contributed by atoms with Gasteiger partial charge in [0.1, 0.15) is 0 Å². The van der Waals surface area contributed by atoms with E-state index in [0.717, 1.165) is 45.5 Å². The summed E-state index contributed by atoms with van der Waals surface area (Å²) in [7, 11) is -2.65. The van der Waals surface area contributed by atoms with E-state index < -0.39 is 43.3 Å². The van der Waals surface area contributed by atoms with E-state index in [1.165, 1.54) is 63.0 Å². The fourth-order valence-electron chi connectivity index (χ4n) is 9.70. The van der Waals surface area contributed by atoms with Gasteiger partial charge in [0, 0.05) is 89.7 Å². The van der Waals surface area contributed by atoms with Crippen molar-refractivity contribution in [2.24, 2.45) is 59.0 Å². The number of aromatic nitrogens is 8. The smallest absolute Gasteiger partial charge is 0.872 e. The molecule has 0 unspecified atom stereocenters. The molecule has 41 heteroatoms. The second kappa shape index (κ2) is 56.7. The molecule has 0 aliphatic heterocycles. The summed E-state index contributed by atoms with van der Waals surface area (Å²) < 4.78 is 81.2. The Morgan fingerprint density at radius 1 is 0.323 bits per heavy atom. The number of halogens is 2. The summed E-state index contributed by atoms with van der Waals surface area (Å²) in [6.07, 6.45) is 5.78. The number of benzene rings is 8. The van der Waals surface area contributed by atoms with E-state index in [9.17, 15) is 59.4 Å². The van der Waals surface area contributed by atoms with Crippen molar-refractivity contribution in [3.05, 3.63) is 305 Å². The number of nitriles is 2. The normalized spacial score (nSPS) is 10.4. The summed E-state index contributed by atoms with van der Waals surface area (Å²) >= 11 is 0. The van der Waals surface area contributed by atoms with Crippen molar-refractivity contribution in [3.8, 4) is 57.9 Å². The molecule has 35 nitrogen and oxygen atoms in total. The van der Waals surface area contributed by atoms with Crippen LogP contribution < -0.4 is 90.1 Å². The van der Waals surface area contributed by atoms with Gasteiger partial charge >= 0.3 is 66.0 Å².